The fourth-order valence-electron chi connectivity index (χ4n) is 6.60. The van der Waals surface area contributed by atoms with E-state index in [1.807, 2.05) is 83.6 Å². The number of carbonyl (C=O) groups is 2. The molecule has 0 fully saturated rings. The second-order valence-electron chi connectivity index (χ2n) is 13.4. The highest BCUT2D eigenvalue weighted by atomic mass is 32.1. The minimum atomic E-state index is -0.401. The van der Waals surface area contributed by atoms with Gasteiger partial charge in [0.1, 0.15) is 18.1 Å². The predicted molar refractivity (Wildman–Crippen MR) is 240 cm³/mol. The molecule has 0 saturated heterocycles. The number of carbonyl (C=O) groups excluding carboxylic acids is 2. The van der Waals surface area contributed by atoms with Gasteiger partial charge < -0.3 is 34.5 Å². The molecule has 0 spiro atoms. The van der Waals surface area contributed by atoms with Crippen LogP contribution in [0, 0.1) is 0 Å². The summed E-state index contributed by atoms with van der Waals surface area (Å²) >= 11 is 3.14. The van der Waals surface area contributed by atoms with E-state index in [-0.39, 0.29) is 40.6 Å². The van der Waals surface area contributed by atoms with Gasteiger partial charge in [-0.25, -0.2) is 0 Å². The number of allylic oxidation sites excluding steroid dienone is 4. The highest BCUT2D eigenvalue weighted by Crippen LogP contribution is 2.39. The number of methoxy groups -OCH3 is 4. The molecule has 0 aliphatic rings. The number of thiophene rings is 2. The van der Waals surface area contributed by atoms with Crippen LogP contribution in [-0.4, -0.2) is 45.1 Å². The molecule has 0 bridgehead atoms. The number of hydrogen-bond acceptors (Lipinski definition) is 11. The summed E-state index contributed by atoms with van der Waals surface area (Å²) in [6, 6.07) is 36.0. The monoisotopic (exact) mass is 835 g/mol. The van der Waals surface area contributed by atoms with E-state index < -0.39 is 5.78 Å². The molecule has 9 nitrogen and oxygen atoms in total. The maximum atomic E-state index is 15.0. The summed E-state index contributed by atoms with van der Waals surface area (Å²) in [7, 11) is 6.02. The number of Topliss-reactive ketones (excluding diaryl/α,β-unsaturated/α-hetero) is 2. The van der Waals surface area contributed by atoms with E-state index in [1.54, 1.807) is 72.3 Å². The zero-order chi connectivity index (χ0) is 42.2. The first kappa shape index (κ1) is 41.1. The van der Waals surface area contributed by atoms with E-state index in [1.165, 1.54) is 39.5 Å². The molecule has 7 rings (SSSR count). The van der Waals surface area contributed by atoms with Gasteiger partial charge in [0.05, 0.1) is 28.4 Å². The summed E-state index contributed by atoms with van der Waals surface area (Å²) in [5.74, 6) is 0.956. The molecule has 0 amide bonds. The summed E-state index contributed by atoms with van der Waals surface area (Å²) in [6.07, 6.45) is 3.27. The molecule has 11 heteroatoms. The molecule has 0 saturated carbocycles. The number of benzene rings is 5. The minimum Gasteiger partial charge on any atom is -0.504 e. The van der Waals surface area contributed by atoms with Crippen molar-refractivity contribution in [2.45, 2.75) is 6.61 Å². The molecule has 302 valence electrons. The van der Waals surface area contributed by atoms with Gasteiger partial charge in [0.15, 0.2) is 34.6 Å². The Labute approximate surface area is 356 Å². The average molecular weight is 836 g/mol. The molecule has 5 aromatic carbocycles. The number of nitrogen functional groups attached to an aromatic ring is 1. The van der Waals surface area contributed by atoms with Crippen molar-refractivity contribution < 1.29 is 38.4 Å². The van der Waals surface area contributed by atoms with Gasteiger partial charge in [-0.2, -0.15) is 0 Å². The normalized spacial score (nSPS) is 11.5. The number of ketones is 2. The van der Waals surface area contributed by atoms with Crippen molar-refractivity contribution in [3.05, 3.63) is 172 Å². The van der Waals surface area contributed by atoms with Gasteiger partial charge in [-0.1, -0.05) is 24.3 Å². The molecule has 60 heavy (non-hydrogen) atoms. The number of anilines is 1. The number of nitrogens with two attached hydrogens (primary N) is 1. The average Bonchev–Trinajstić information content (AvgIpc) is 4.04. The number of aromatic hydroxyl groups is 1. The largest absolute Gasteiger partial charge is 0.504 e. The summed E-state index contributed by atoms with van der Waals surface area (Å²) < 4.78 is 28.9. The highest BCUT2D eigenvalue weighted by molar-refractivity contribution is 7.13. The molecule has 0 aliphatic heterocycles. The maximum absolute atomic E-state index is 15.0. The summed E-state index contributed by atoms with van der Waals surface area (Å²) in [5, 5.41) is 14.4. The number of rotatable bonds is 16. The van der Waals surface area contributed by atoms with Crippen LogP contribution in [0.3, 0.4) is 0 Å². The van der Waals surface area contributed by atoms with Gasteiger partial charge in [0.2, 0.25) is 0 Å². The van der Waals surface area contributed by atoms with E-state index in [0.717, 1.165) is 26.4 Å². The zero-order valence-corrected chi connectivity index (χ0v) is 34.9. The Morgan fingerprint density at radius 3 is 1.53 bits per heavy atom. The SMILES string of the molecule is COc1cc(C(=O)C(=CC=C(C(=O)c2ccc(OCc3ccc(N)cc3)c(OC)c2)c2cc(-c3cccs3)ccc2OC)c2cc(-c3cccs3)ccc2OC)ccc1O. The van der Waals surface area contributed by atoms with Gasteiger partial charge in [-0.3, -0.25) is 9.59 Å². The second kappa shape index (κ2) is 18.7. The Morgan fingerprint density at radius 2 is 1.05 bits per heavy atom. The third kappa shape index (κ3) is 8.97. The van der Waals surface area contributed by atoms with Crippen LogP contribution in [0.25, 0.3) is 32.0 Å². The number of phenols is 1. The molecule has 0 aliphatic carbocycles. The standard InChI is InChI=1S/C49H41NO8S2/c1-54-41-20-12-31(46-7-5-23-59-46)25-38(41)36(48(52)33-11-19-40(51)44(27-33)56-3)17-18-37(39-26-32(13-21-42(39)55-2)47-8-6-24-60-47)49(53)34-14-22-43(45(28-34)57-4)58-29-30-9-15-35(50)16-10-30/h5-28,51H,29,50H2,1-4H3. The van der Waals surface area contributed by atoms with Crippen molar-refractivity contribution in [3.8, 4) is 55.4 Å². The van der Waals surface area contributed by atoms with Gasteiger partial charge >= 0.3 is 0 Å². The Morgan fingerprint density at radius 1 is 0.567 bits per heavy atom. The fourth-order valence-corrected chi connectivity index (χ4v) is 8.05. The smallest absolute Gasteiger partial charge is 0.193 e. The lowest BCUT2D eigenvalue weighted by atomic mass is 9.90. The Bertz CT molecular complexity index is 2700. The number of ether oxygens (including phenoxy) is 5. The minimum absolute atomic E-state index is 0.112. The Balaban J connectivity index is 1.41. The molecular formula is C49H41NO8S2. The lowest BCUT2D eigenvalue weighted by Gasteiger charge is -2.16. The first-order valence-electron chi connectivity index (χ1n) is 18.7. The van der Waals surface area contributed by atoms with E-state index in [2.05, 4.69) is 0 Å². The topological polar surface area (TPSA) is 127 Å². The quantitative estimate of drug-likeness (QED) is 0.0423. The number of hydrogen-bond donors (Lipinski definition) is 2. The zero-order valence-electron chi connectivity index (χ0n) is 33.3. The van der Waals surface area contributed by atoms with Crippen LogP contribution in [0.4, 0.5) is 5.69 Å². The van der Waals surface area contributed by atoms with Crippen LogP contribution in [-0.2, 0) is 6.61 Å². The van der Waals surface area contributed by atoms with Crippen LogP contribution in [0.2, 0.25) is 0 Å². The lowest BCUT2D eigenvalue weighted by molar-refractivity contribution is 0.104. The van der Waals surface area contributed by atoms with Gasteiger partial charge in [-0.15, -0.1) is 22.7 Å². The third-order valence-electron chi connectivity index (χ3n) is 9.74. The molecule has 2 heterocycles. The van der Waals surface area contributed by atoms with Crippen molar-refractivity contribution in [3.63, 3.8) is 0 Å². The van der Waals surface area contributed by atoms with Crippen LogP contribution in [0.5, 0.6) is 34.5 Å². The van der Waals surface area contributed by atoms with Crippen LogP contribution < -0.4 is 29.4 Å². The van der Waals surface area contributed by atoms with E-state index in [0.29, 0.717) is 45.4 Å². The van der Waals surface area contributed by atoms with Gasteiger partial charge in [0, 0.05) is 48.8 Å². The first-order valence-corrected chi connectivity index (χ1v) is 20.5. The summed E-state index contributed by atoms with van der Waals surface area (Å²) in [5.41, 5.74) is 11.2. The van der Waals surface area contributed by atoms with Crippen molar-refractivity contribution in [2.24, 2.45) is 0 Å². The summed E-state index contributed by atoms with van der Waals surface area (Å²) in [4.78, 5) is 31.8. The van der Waals surface area contributed by atoms with Crippen LogP contribution in [0.1, 0.15) is 37.4 Å². The molecule has 7 aromatic rings. The van der Waals surface area contributed by atoms with Crippen molar-refractivity contribution in [1.29, 1.82) is 0 Å². The van der Waals surface area contributed by atoms with E-state index in [9.17, 15) is 9.90 Å². The van der Waals surface area contributed by atoms with Gasteiger partial charge in [0.25, 0.3) is 0 Å². The van der Waals surface area contributed by atoms with Crippen molar-refractivity contribution in [1.82, 2.24) is 0 Å². The molecule has 0 atom stereocenters. The maximum Gasteiger partial charge on any atom is 0.193 e. The second-order valence-corrected chi connectivity index (χ2v) is 15.3. The Hall–Kier alpha value is -7.08. The Kier molecular flexibility index (Phi) is 12.8. The highest BCUT2D eigenvalue weighted by Gasteiger charge is 2.24. The number of phenolic OH excluding ortho intramolecular Hbond substituents is 1. The van der Waals surface area contributed by atoms with Gasteiger partial charge in [-0.05, 0) is 137 Å². The van der Waals surface area contributed by atoms with Crippen LogP contribution >= 0.6 is 22.7 Å². The molecule has 0 radical (unpaired) electrons. The molecular weight excluding hydrogens is 795 g/mol. The van der Waals surface area contributed by atoms with Crippen molar-refractivity contribution in [2.75, 3.05) is 34.2 Å². The van der Waals surface area contributed by atoms with Crippen LogP contribution in [0.15, 0.2) is 144 Å². The third-order valence-corrected chi connectivity index (χ3v) is 11.6. The van der Waals surface area contributed by atoms with Crippen molar-refractivity contribution >= 4 is 51.1 Å². The summed E-state index contributed by atoms with van der Waals surface area (Å²) in [6.45, 7) is 0.257. The fraction of sp³-hybridized carbons (Fsp3) is 0.102. The molecule has 0 unspecified atom stereocenters. The first-order chi connectivity index (χ1) is 29.2. The van der Waals surface area contributed by atoms with E-state index >= 15 is 4.79 Å². The van der Waals surface area contributed by atoms with E-state index in [4.69, 9.17) is 29.4 Å². The molecule has 3 N–H and O–H groups in total. The lowest BCUT2D eigenvalue weighted by Crippen LogP contribution is -2.07. The predicted octanol–water partition coefficient (Wildman–Crippen LogP) is 11.3. The molecule has 2 aromatic heterocycles.